The summed E-state index contributed by atoms with van der Waals surface area (Å²) in [5, 5.41) is 7.62. The van der Waals surface area contributed by atoms with Crippen LogP contribution in [0, 0.1) is 0 Å². The van der Waals surface area contributed by atoms with Crippen molar-refractivity contribution >= 4 is 40.6 Å². The van der Waals surface area contributed by atoms with Crippen molar-refractivity contribution in [2.75, 3.05) is 26.2 Å². The molecule has 0 aliphatic carbocycles. The summed E-state index contributed by atoms with van der Waals surface area (Å²) in [5.74, 6) is -0.0516. The normalized spacial score (nSPS) is 23.5. The summed E-state index contributed by atoms with van der Waals surface area (Å²) in [7, 11) is 0. The summed E-state index contributed by atoms with van der Waals surface area (Å²) in [4.78, 5) is 31.6. The number of carbonyl (C=O) groups is 2. The second-order valence-electron chi connectivity index (χ2n) is 6.69. The van der Waals surface area contributed by atoms with Gasteiger partial charge in [-0.3, -0.25) is 20.0 Å². The Morgan fingerprint density at radius 3 is 2.73 bits per heavy atom. The number of carbonyl (C=O) groups excluding carboxylic acids is 2. The smallest absolute Gasteiger partial charge is 0.239 e. The fourth-order valence-electron chi connectivity index (χ4n) is 3.14. The maximum Gasteiger partial charge on any atom is 0.239 e. The maximum atomic E-state index is 12.0. The molecule has 0 saturated carbocycles. The van der Waals surface area contributed by atoms with E-state index in [4.69, 9.17) is 12.2 Å². The number of nitrogens with one attached hydrogen (secondary N) is 2. The molecule has 26 heavy (non-hydrogen) atoms. The fraction of sp³-hybridized carbons (Fsp3) is 0.588. The molecule has 2 saturated heterocycles. The summed E-state index contributed by atoms with van der Waals surface area (Å²) in [5.41, 5.74) is 3.80. The van der Waals surface area contributed by atoms with E-state index in [0.29, 0.717) is 31.2 Å². The summed E-state index contributed by atoms with van der Waals surface area (Å²) in [6.07, 6.45) is 4.11. The van der Waals surface area contributed by atoms with Gasteiger partial charge in [0.25, 0.3) is 0 Å². The first-order valence-corrected chi connectivity index (χ1v) is 9.04. The van der Waals surface area contributed by atoms with Crippen LogP contribution in [0.15, 0.2) is 22.4 Å². The van der Waals surface area contributed by atoms with Gasteiger partial charge in [-0.25, -0.2) is 0 Å². The molecule has 0 spiro atoms. The first-order valence-electron chi connectivity index (χ1n) is 8.63. The van der Waals surface area contributed by atoms with Crippen LogP contribution >= 0.6 is 12.2 Å². The number of amides is 2. The molecular weight excluding hydrogens is 352 g/mol. The number of piperazine rings is 1. The second-order valence-corrected chi connectivity index (χ2v) is 7.07. The number of aliphatic imine (C=N–C) groups is 1. The molecule has 142 valence electrons. The van der Waals surface area contributed by atoms with Crippen LogP contribution in [-0.2, 0) is 9.59 Å². The lowest BCUT2D eigenvalue weighted by Gasteiger charge is -2.43. The molecule has 0 radical (unpaired) electrons. The fourth-order valence-corrected chi connectivity index (χ4v) is 3.34. The van der Waals surface area contributed by atoms with Crippen molar-refractivity contribution in [2.45, 2.75) is 39.7 Å². The number of hydrazone groups is 1. The first kappa shape index (κ1) is 20.0. The van der Waals surface area contributed by atoms with E-state index in [1.54, 1.807) is 22.9 Å². The average Bonchev–Trinajstić information content (AvgIpc) is 2.57. The zero-order chi connectivity index (χ0) is 19.3. The van der Waals surface area contributed by atoms with Crippen molar-refractivity contribution in [3.63, 3.8) is 0 Å². The lowest BCUT2D eigenvalue weighted by Crippen LogP contribution is -2.59. The minimum Gasteiger partial charge on any atom is -0.353 e. The van der Waals surface area contributed by atoms with Crippen molar-refractivity contribution in [2.24, 2.45) is 10.1 Å². The second kappa shape index (κ2) is 8.39. The zero-order valence-electron chi connectivity index (χ0n) is 15.7. The molecule has 2 amide bonds. The topological polar surface area (TPSA) is 89.4 Å². The highest BCUT2D eigenvalue weighted by Crippen LogP contribution is 2.24. The lowest BCUT2D eigenvalue weighted by atomic mass is 9.86. The van der Waals surface area contributed by atoms with E-state index in [2.05, 4.69) is 20.8 Å². The first-order chi connectivity index (χ1) is 12.3. The Morgan fingerprint density at radius 1 is 1.38 bits per heavy atom. The molecular formula is C17H26N6O2S. The molecule has 8 nitrogen and oxygen atoms in total. The van der Waals surface area contributed by atoms with Gasteiger partial charge in [0.15, 0.2) is 5.11 Å². The largest absolute Gasteiger partial charge is 0.353 e. The van der Waals surface area contributed by atoms with Gasteiger partial charge in [0.1, 0.15) is 0 Å². The van der Waals surface area contributed by atoms with Gasteiger partial charge in [0, 0.05) is 39.2 Å². The van der Waals surface area contributed by atoms with E-state index in [1.807, 2.05) is 26.8 Å². The van der Waals surface area contributed by atoms with E-state index in [0.717, 1.165) is 11.4 Å². The predicted molar refractivity (Wildman–Crippen MR) is 106 cm³/mol. The van der Waals surface area contributed by atoms with Gasteiger partial charge in [-0.2, -0.15) is 5.10 Å². The molecule has 2 aliphatic heterocycles. The monoisotopic (exact) mass is 378 g/mol. The Bertz CT molecular complexity index is 683. The van der Waals surface area contributed by atoms with Crippen LogP contribution in [0.4, 0.5) is 0 Å². The number of piperidine rings is 1. The van der Waals surface area contributed by atoms with Crippen LogP contribution in [0.3, 0.4) is 0 Å². The number of nitrogens with zero attached hydrogens (tertiary/aromatic N) is 4. The molecule has 2 N–H and O–H groups in total. The third-order valence-electron chi connectivity index (χ3n) is 4.44. The molecule has 2 fully saturated rings. The Morgan fingerprint density at radius 2 is 2.12 bits per heavy atom. The quantitative estimate of drug-likeness (QED) is 0.544. The van der Waals surface area contributed by atoms with E-state index in [1.165, 1.54) is 0 Å². The van der Waals surface area contributed by atoms with Gasteiger partial charge in [0.05, 0.1) is 23.5 Å². The van der Waals surface area contributed by atoms with E-state index < -0.39 is 5.54 Å². The molecule has 0 unspecified atom stereocenters. The van der Waals surface area contributed by atoms with Crippen molar-refractivity contribution < 1.29 is 9.59 Å². The Kier molecular flexibility index (Phi) is 6.47. The summed E-state index contributed by atoms with van der Waals surface area (Å²) in [6.45, 7) is 9.35. The molecule has 0 atom stereocenters. The number of allylic oxidation sites excluding steroid dienone is 1. The molecule has 2 aliphatic rings. The van der Waals surface area contributed by atoms with E-state index in [9.17, 15) is 9.59 Å². The number of thiocarbonyl (C=S) groups is 1. The molecule has 0 aromatic heterocycles. The number of hydrogen-bond acceptors (Lipinski definition) is 5. The number of rotatable bonds is 2. The van der Waals surface area contributed by atoms with Gasteiger partial charge in [0.2, 0.25) is 11.8 Å². The van der Waals surface area contributed by atoms with Gasteiger partial charge in [-0.1, -0.05) is 6.08 Å². The highest BCUT2D eigenvalue weighted by Gasteiger charge is 2.40. The van der Waals surface area contributed by atoms with Crippen molar-refractivity contribution in [3.05, 3.63) is 12.3 Å². The zero-order valence-corrected chi connectivity index (χ0v) is 16.5. The van der Waals surface area contributed by atoms with Gasteiger partial charge in [-0.15, -0.1) is 0 Å². The molecule has 0 aromatic carbocycles. The molecule has 2 rings (SSSR count). The lowest BCUT2D eigenvalue weighted by molar-refractivity contribution is -0.132. The minimum atomic E-state index is -0.573. The van der Waals surface area contributed by atoms with Crippen LogP contribution in [0.1, 0.15) is 34.1 Å². The molecule has 9 heteroatoms. The van der Waals surface area contributed by atoms with E-state index >= 15 is 0 Å². The maximum absolute atomic E-state index is 12.0. The average molecular weight is 379 g/mol. The van der Waals surface area contributed by atoms with Crippen molar-refractivity contribution in [1.82, 2.24) is 20.5 Å². The molecule has 0 aromatic rings. The standard InChI is InChI=1S/C17H26N6O2S/c1-5-7-19-15-13(6-9-23(12(2)24)17(15,3)4)20-21-16(26)22-10-8-18-14(25)11-22/h5,7H,6,8-11H2,1-4H3,(H,18,25)(H,21,26)/b7-5-,19-15-,20-13-. The van der Waals surface area contributed by atoms with Crippen LogP contribution in [0.5, 0.6) is 0 Å². The molecule has 2 heterocycles. The van der Waals surface area contributed by atoms with Crippen molar-refractivity contribution in [1.29, 1.82) is 0 Å². The third kappa shape index (κ3) is 4.46. The van der Waals surface area contributed by atoms with Crippen LogP contribution < -0.4 is 10.7 Å². The Hall–Kier alpha value is -2.29. The predicted octanol–water partition coefficient (Wildman–Crippen LogP) is 0.654. The summed E-state index contributed by atoms with van der Waals surface area (Å²) < 4.78 is 0. The Balaban J connectivity index is 2.20. The molecule has 0 bridgehead atoms. The SMILES string of the molecule is C\C=C/N=C1/C(=N\NC(=S)N2CCNC(=O)C2)CCN(C(C)=O)C1(C)C. The summed E-state index contributed by atoms with van der Waals surface area (Å²) >= 11 is 5.35. The number of likely N-dealkylation sites (tertiary alicyclic amines) is 1. The van der Waals surface area contributed by atoms with Gasteiger partial charge >= 0.3 is 0 Å². The van der Waals surface area contributed by atoms with Gasteiger partial charge < -0.3 is 15.1 Å². The van der Waals surface area contributed by atoms with Crippen molar-refractivity contribution in [3.8, 4) is 0 Å². The summed E-state index contributed by atoms with van der Waals surface area (Å²) in [6, 6.07) is 0. The number of hydrogen-bond donors (Lipinski definition) is 2. The highest BCUT2D eigenvalue weighted by molar-refractivity contribution is 7.80. The minimum absolute atomic E-state index is 0.00466. The van der Waals surface area contributed by atoms with E-state index in [-0.39, 0.29) is 18.4 Å². The van der Waals surface area contributed by atoms with Crippen LogP contribution in [0.25, 0.3) is 0 Å². The third-order valence-corrected chi connectivity index (χ3v) is 4.79. The van der Waals surface area contributed by atoms with Gasteiger partial charge in [-0.05, 0) is 33.0 Å². The van der Waals surface area contributed by atoms with Crippen LogP contribution in [-0.4, -0.2) is 69.9 Å². The Labute approximate surface area is 159 Å². The van der Waals surface area contributed by atoms with Crippen LogP contribution in [0.2, 0.25) is 0 Å². The highest BCUT2D eigenvalue weighted by atomic mass is 32.1.